The number of furan rings is 1. The number of fused-ring (bicyclic) bond motifs is 1. The molecule has 1 aromatic heterocycles. The van der Waals surface area contributed by atoms with Crippen molar-refractivity contribution < 1.29 is 4.42 Å². The highest BCUT2D eigenvalue weighted by atomic mass is 79.9. The molecule has 1 atom stereocenters. The second kappa shape index (κ2) is 4.60. The second-order valence-electron chi connectivity index (χ2n) is 4.57. The molecule has 2 rings (SSSR count). The standard InChI is InChI=1S/C13H16BrNO/c1-8(2)5-11(15)13-6-9-3-4-10(14)7-12(9)16-13/h3-4,6-8,11H,5,15H2,1-2H3/t11-/m0/s1. The molecular formula is C13H16BrNO. The molecule has 0 fully saturated rings. The Morgan fingerprint density at radius 2 is 2.06 bits per heavy atom. The summed E-state index contributed by atoms with van der Waals surface area (Å²) < 4.78 is 6.78. The minimum atomic E-state index is -0.00817. The maximum atomic E-state index is 6.09. The fourth-order valence-electron chi connectivity index (χ4n) is 1.83. The van der Waals surface area contributed by atoms with E-state index in [0.29, 0.717) is 5.92 Å². The van der Waals surface area contributed by atoms with Gasteiger partial charge in [0.2, 0.25) is 0 Å². The van der Waals surface area contributed by atoms with Gasteiger partial charge >= 0.3 is 0 Å². The van der Waals surface area contributed by atoms with Crippen molar-refractivity contribution in [1.29, 1.82) is 0 Å². The molecule has 0 bridgehead atoms. The SMILES string of the molecule is CC(C)C[C@H](N)c1cc2ccc(Br)cc2o1. The maximum absolute atomic E-state index is 6.09. The molecule has 0 saturated carbocycles. The maximum Gasteiger partial charge on any atom is 0.135 e. The van der Waals surface area contributed by atoms with Crippen LogP contribution in [0.5, 0.6) is 0 Å². The Morgan fingerprint density at radius 3 is 2.75 bits per heavy atom. The van der Waals surface area contributed by atoms with Crippen LogP contribution in [-0.2, 0) is 0 Å². The van der Waals surface area contributed by atoms with E-state index in [9.17, 15) is 0 Å². The highest BCUT2D eigenvalue weighted by Gasteiger charge is 2.13. The average molecular weight is 282 g/mol. The third kappa shape index (κ3) is 2.47. The predicted molar refractivity (Wildman–Crippen MR) is 70.3 cm³/mol. The van der Waals surface area contributed by atoms with Crippen LogP contribution in [0.3, 0.4) is 0 Å². The topological polar surface area (TPSA) is 39.2 Å². The normalized spacial score (nSPS) is 13.6. The first-order valence-electron chi connectivity index (χ1n) is 5.51. The van der Waals surface area contributed by atoms with Gasteiger partial charge in [-0.15, -0.1) is 0 Å². The Hall–Kier alpha value is -0.800. The highest BCUT2D eigenvalue weighted by Crippen LogP contribution is 2.28. The van der Waals surface area contributed by atoms with Gasteiger partial charge in [0.25, 0.3) is 0 Å². The minimum Gasteiger partial charge on any atom is -0.459 e. The van der Waals surface area contributed by atoms with Gasteiger partial charge in [-0.1, -0.05) is 29.8 Å². The van der Waals surface area contributed by atoms with Crippen molar-refractivity contribution in [1.82, 2.24) is 0 Å². The Bertz CT molecular complexity index is 490. The summed E-state index contributed by atoms with van der Waals surface area (Å²) in [5.41, 5.74) is 6.98. The second-order valence-corrected chi connectivity index (χ2v) is 5.48. The van der Waals surface area contributed by atoms with Crippen molar-refractivity contribution in [2.24, 2.45) is 11.7 Å². The largest absolute Gasteiger partial charge is 0.459 e. The van der Waals surface area contributed by atoms with Crippen LogP contribution in [0, 0.1) is 5.92 Å². The zero-order chi connectivity index (χ0) is 11.7. The third-order valence-electron chi connectivity index (χ3n) is 2.59. The zero-order valence-corrected chi connectivity index (χ0v) is 11.1. The lowest BCUT2D eigenvalue weighted by Crippen LogP contribution is -2.11. The van der Waals surface area contributed by atoms with Crippen LogP contribution < -0.4 is 5.73 Å². The van der Waals surface area contributed by atoms with E-state index < -0.39 is 0 Å². The molecule has 0 aliphatic carbocycles. The molecule has 3 heteroatoms. The average Bonchev–Trinajstić information content (AvgIpc) is 2.59. The van der Waals surface area contributed by atoms with Crippen molar-refractivity contribution >= 4 is 26.9 Å². The van der Waals surface area contributed by atoms with Crippen LogP contribution in [0.2, 0.25) is 0 Å². The van der Waals surface area contributed by atoms with Crippen LogP contribution in [0.15, 0.2) is 33.2 Å². The van der Waals surface area contributed by atoms with E-state index in [-0.39, 0.29) is 6.04 Å². The number of benzene rings is 1. The molecule has 1 heterocycles. The van der Waals surface area contributed by atoms with Crippen LogP contribution >= 0.6 is 15.9 Å². The summed E-state index contributed by atoms with van der Waals surface area (Å²) in [5, 5.41) is 1.11. The molecule has 0 radical (unpaired) electrons. The van der Waals surface area contributed by atoms with Gasteiger partial charge in [0, 0.05) is 9.86 Å². The van der Waals surface area contributed by atoms with Crippen LogP contribution in [0.4, 0.5) is 0 Å². The molecule has 2 nitrogen and oxygen atoms in total. The Labute approximate surface area is 104 Å². The van der Waals surface area contributed by atoms with Gasteiger partial charge in [0.05, 0.1) is 6.04 Å². The molecule has 2 aromatic rings. The summed E-state index contributed by atoms with van der Waals surface area (Å²) in [6.45, 7) is 4.33. The first-order chi connectivity index (χ1) is 7.56. The molecule has 0 spiro atoms. The number of nitrogens with two attached hydrogens (primary N) is 1. The molecule has 0 aliphatic rings. The van der Waals surface area contributed by atoms with Gasteiger partial charge in [-0.2, -0.15) is 0 Å². The molecule has 2 N–H and O–H groups in total. The van der Waals surface area contributed by atoms with E-state index >= 15 is 0 Å². The van der Waals surface area contributed by atoms with Crippen molar-refractivity contribution in [2.75, 3.05) is 0 Å². The molecule has 0 amide bonds. The van der Waals surface area contributed by atoms with Crippen molar-refractivity contribution in [2.45, 2.75) is 26.3 Å². The fraction of sp³-hybridized carbons (Fsp3) is 0.385. The molecular weight excluding hydrogens is 266 g/mol. The van der Waals surface area contributed by atoms with E-state index in [1.165, 1.54) is 0 Å². The fourth-order valence-corrected chi connectivity index (χ4v) is 2.17. The van der Waals surface area contributed by atoms with E-state index in [4.69, 9.17) is 10.2 Å². The van der Waals surface area contributed by atoms with E-state index in [2.05, 4.69) is 29.8 Å². The van der Waals surface area contributed by atoms with Crippen molar-refractivity contribution in [3.05, 3.63) is 34.5 Å². The Kier molecular flexibility index (Phi) is 3.36. The van der Waals surface area contributed by atoms with Gasteiger partial charge < -0.3 is 10.2 Å². The van der Waals surface area contributed by atoms with Crippen LogP contribution in [0.1, 0.15) is 32.1 Å². The summed E-state index contributed by atoms with van der Waals surface area (Å²) in [4.78, 5) is 0. The number of rotatable bonds is 3. The van der Waals surface area contributed by atoms with Crippen LogP contribution in [-0.4, -0.2) is 0 Å². The first-order valence-corrected chi connectivity index (χ1v) is 6.30. The Morgan fingerprint density at radius 1 is 1.31 bits per heavy atom. The molecule has 0 aliphatic heterocycles. The summed E-state index contributed by atoms with van der Waals surface area (Å²) in [6.07, 6.45) is 0.945. The molecule has 16 heavy (non-hydrogen) atoms. The number of hydrogen-bond donors (Lipinski definition) is 1. The zero-order valence-electron chi connectivity index (χ0n) is 9.53. The first kappa shape index (κ1) is 11.7. The van der Waals surface area contributed by atoms with Gasteiger partial charge in [0.1, 0.15) is 11.3 Å². The van der Waals surface area contributed by atoms with Gasteiger partial charge in [0.15, 0.2) is 0 Å². The summed E-state index contributed by atoms with van der Waals surface area (Å²) in [6, 6.07) is 8.05. The molecule has 86 valence electrons. The van der Waals surface area contributed by atoms with Gasteiger partial charge in [-0.05, 0) is 36.6 Å². The lowest BCUT2D eigenvalue weighted by molar-refractivity contribution is 0.431. The highest BCUT2D eigenvalue weighted by molar-refractivity contribution is 9.10. The minimum absolute atomic E-state index is 0.00817. The number of halogens is 1. The number of hydrogen-bond acceptors (Lipinski definition) is 2. The van der Waals surface area contributed by atoms with E-state index in [1.54, 1.807) is 0 Å². The van der Waals surface area contributed by atoms with Gasteiger partial charge in [-0.3, -0.25) is 0 Å². The molecule has 1 aromatic carbocycles. The molecule has 0 saturated heterocycles. The summed E-state index contributed by atoms with van der Waals surface area (Å²) >= 11 is 3.43. The smallest absolute Gasteiger partial charge is 0.135 e. The quantitative estimate of drug-likeness (QED) is 0.914. The van der Waals surface area contributed by atoms with Crippen molar-refractivity contribution in [3.8, 4) is 0 Å². The third-order valence-corrected chi connectivity index (χ3v) is 3.09. The summed E-state index contributed by atoms with van der Waals surface area (Å²) in [7, 11) is 0. The summed E-state index contributed by atoms with van der Waals surface area (Å²) in [5.74, 6) is 1.46. The monoisotopic (exact) mass is 281 g/mol. The van der Waals surface area contributed by atoms with Gasteiger partial charge in [-0.25, -0.2) is 0 Å². The van der Waals surface area contributed by atoms with Crippen LogP contribution in [0.25, 0.3) is 11.0 Å². The lowest BCUT2D eigenvalue weighted by Gasteiger charge is -2.10. The van der Waals surface area contributed by atoms with Crippen molar-refractivity contribution in [3.63, 3.8) is 0 Å². The van der Waals surface area contributed by atoms with E-state index in [0.717, 1.165) is 27.6 Å². The molecule has 0 unspecified atom stereocenters. The van der Waals surface area contributed by atoms with E-state index in [1.807, 2.05) is 24.3 Å². The predicted octanol–water partition coefficient (Wildman–Crippen LogP) is 4.24. The Balaban J connectivity index is 2.32. The lowest BCUT2D eigenvalue weighted by atomic mass is 10.0.